The molecule has 0 aliphatic heterocycles. The Balaban J connectivity index is 3.26. The third-order valence-corrected chi connectivity index (χ3v) is 2.37. The van der Waals surface area contributed by atoms with Crippen LogP contribution < -0.4 is 21.3 Å². The second-order valence-corrected chi connectivity index (χ2v) is 4.17. The van der Waals surface area contributed by atoms with Crippen molar-refractivity contribution in [2.24, 2.45) is 11.6 Å². The number of nitrogens with two attached hydrogens (primary N) is 2. The zero-order valence-electron chi connectivity index (χ0n) is 9.04. The van der Waals surface area contributed by atoms with Crippen molar-refractivity contribution in [3.63, 3.8) is 0 Å². The van der Waals surface area contributed by atoms with E-state index in [0.29, 0.717) is 15.7 Å². The molecule has 0 heterocycles. The van der Waals surface area contributed by atoms with Gasteiger partial charge in [0.15, 0.2) is 5.69 Å². The van der Waals surface area contributed by atoms with E-state index >= 15 is 0 Å². The molecule has 0 atom stereocenters. The van der Waals surface area contributed by atoms with Gasteiger partial charge in [0.2, 0.25) is 0 Å². The van der Waals surface area contributed by atoms with Crippen LogP contribution in [-0.2, 0) is 0 Å². The summed E-state index contributed by atoms with van der Waals surface area (Å²) < 4.78 is 4.03. The van der Waals surface area contributed by atoms with Crippen molar-refractivity contribution in [3.8, 4) is 0 Å². The molecule has 0 saturated carbocycles. The molecule has 0 aliphatic carbocycles. The lowest BCUT2D eigenvalue weighted by atomic mass is 10.3. The van der Waals surface area contributed by atoms with E-state index in [1.807, 2.05) is 13.8 Å². The van der Waals surface area contributed by atoms with Crippen LogP contribution in [0.1, 0.15) is 13.8 Å². The van der Waals surface area contributed by atoms with Gasteiger partial charge >= 0.3 is 5.96 Å². The van der Waals surface area contributed by atoms with Gasteiger partial charge in [0, 0.05) is 13.8 Å². The summed E-state index contributed by atoms with van der Waals surface area (Å²) in [5, 5.41) is 2.00. The first-order valence-electron chi connectivity index (χ1n) is 4.56. The van der Waals surface area contributed by atoms with Crippen LogP contribution in [0.3, 0.4) is 0 Å². The van der Waals surface area contributed by atoms with E-state index < -0.39 is 0 Å². The van der Waals surface area contributed by atoms with Gasteiger partial charge in [-0.1, -0.05) is 29.3 Å². The van der Waals surface area contributed by atoms with Gasteiger partial charge in [0.05, 0.1) is 10.0 Å². The normalized spacial score (nSPS) is 9.56. The molecule has 1 aromatic rings. The van der Waals surface area contributed by atoms with Crippen LogP contribution in [0.15, 0.2) is 18.2 Å². The number of benzene rings is 1. The van der Waals surface area contributed by atoms with Gasteiger partial charge in [-0.25, -0.2) is 4.67 Å². The Morgan fingerprint density at radius 3 is 2.19 bits per heavy atom. The Labute approximate surface area is 104 Å². The van der Waals surface area contributed by atoms with Gasteiger partial charge in [-0.05, 0) is 12.1 Å². The van der Waals surface area contributed by atoms with Crippen LogP contribution in [0.5, 0.6) is 0 Å². The topological polar surface area (TPSA) is 69.4 Å². The fourth-order valence-corrected chi connectivity index (χ4v) is 1.70. The Hall–Kier alpha value is -1.19. The van der Waals surface area contributed by atoms with E-state index in [0.717, 1.165) is 10.7 Å². The van der Waals surface area contributed by atoms with Gasteiger partial charge in [-0.15, -0.1) is 5.01 Å². The van der Waals surface area contributed by atoms with Gasteiger partial charge in [-0.2, -0.15) is 5.84 Å². The zero-order chi connectivity index (χ0) is 12.3. The molecule has 1 rings (SSSR count). The van der Waals surface area contributed by atoms with Crippen molar-refractivity contribution >= 4 is 40.6 Å². The molecule has 0 fully saturated rings. The average molecular weight is 260 g/mol. The number of nitrogens with zero attached hydrogens (tertiary/aromatic N) is 2. The molecule has 0 amide bonds. The highest BCUT2D eigenvalue weighted by Crippen LogP contribution is 2.31. The number of para-hydroxylation sites is 1. The first-order chi connectivity index (χ1) is 7.43. The third kappa shape index (κ3) is 2.90. The van der Waals surface area contributed by atoms with Crippen molar-refractivity contribution in [3.05, 3.63) is 28.2 Å². The lowest BCUT2D eigenvalue weighted by molar-refractivity contribution is 1.10. The van der Waals surface area contributed by atoms with Crippen LogP contribution in [-0.4, -0.2) is 11.7 Å². The maximum absolute atomic E-state index is 5.98. The minimum Gasteiger partial charge on any atom is -0.275 e. The third-order valence-electron chi connectivity index (χ3n) is 1.76. The molecule has 4 N–H and O–H groups in total. The van der Waals surface area contributed by atoms with Crippen molar-refractivity contribution < 1.29 is 0 Å². The Kier molecular flexibility index (Phi) is 4.21. The van der Waals surface area contributed by atoms with Crippen molar-refractivity contribution in [2.45, 2.75) is 13.8 Å². The highest BCUT2D eigenvalue weighted by atomic mass is 35.5. The van der Waals surface area contributed by atoms with Gasteiger partial charge in [0.25, 0.3) is 0 Å². The molecule has 0 aliphatic rings. The molecular formula is C10H13Cl2N4+. The molecule has 6 heteroatoms. The molecule has 16 heavy (non-hydrogen) atoms. The molecule has 4 nitrogen and oxygen atoms in total. The van der Waals surface area contributed by atoms with E-state index in [4.69, 9.17) is 34.8 Å². The number of hydrazine groups is 1. The highest BCUT2D eigenvalue weighted by Gasteiger charge is 2.21. The molecule has 0 aromatic heterocycles. The second kappa shape index (κ2) is 5.23. The number of hydrogen-bond donors (Lipinski definition) is 2. The Bertz CT molecular complexity index is 440. The minimum absolute atomic E-state index is 0.134. The molecule has 0 unspecified atom stereocenters. The van der Waals surface area contributed by atoms with Crippen molar-refractivity contribution in [1.82, 2.24) is 4.67 Å². The quantitative estimate of drug-likeness (QED) is 0.264. The predicted octanol–water partition coefficient (Wildman–Crippen LogP) is 1.54. The lowest BCUT2D eigenvalue weighted by Crippen LogP contribution is -2.45. The monoisotopic (exact) mass is 259 g/mol. The number of halogens is 2. The summed E-state index contributed by atoms with van der Waals surface area (Å²) in [4.78, 5) is 0. The zero-order valence-corrected chi connectivity index (χ0v) is 10.5. The standard InChI is InChI=1S/C10H12Cl2N4/c1-6(2)15-10(13)16(14)9-7(11)4-3-5-8(9)12/h3-5,13H,14H2,1-2H3/p+1. The number of anilines is 1. The molecule has 1 aromatic carbocycles. The van der Waals surface area contributed by atoms with Crippen LogP contribution in [0.4, 0.5) is 5.69 Å². The molecule has 86 valence electrons. The van der Waals surface area contributed by atoms with Crippen molar-refractivity contribution in [2.75, 3.05) is 5.01 Å². The van der Waals surface area contributed by atoms with Crippen LogP contribution >= 0.6 is 23.2 Å². The maximum Gasteiger partial charge on any atom is 0.460 e. The average Bonchev–Trinajstić information content (AvgIpc) is 2.16. The first kappa shape index (κ1) is 12.9. The first-order valence-corrected chi connectivity index (χ1v) is 5.32. The maximum atomic E-state index is 5.98. The van der Waals surface area contributed by atoms with Gasteiger partial charge in [0.1, 0.15) is 5.71 Å². The van der Waals surface area contributed by atoms with Crippen LogP contribution in [0.25, 0.3) is 0 Å². The van der Waals surface area contributed by atoms with E-state index in [1.54, 1.807) is 18.2 Å². The SMILES string of the molecule is CC(C)=[N+]=C(N)N(N)c1c(Cl)cccc1Cl. The van der Waals surface area contributed by atoms with Gasteiger partial charge in [-0.3, -0.25) is 5.73 Å². The highest BCUT2D eigenvalue weighted by molar-refractivity contribution is 6.39. The predicted molar refractivity (Wildman–Crippen MR) is 70.8 cm³/mol. The Morgan fingerprint density at radius 2 is 1.75 bits per heavy atom. The summed E-state index contributed by atoms with van der Waals surface area (Å²) in [5.41, 5.74) is 6.93. The summed E-state index contributed by atoms with van der Waals surface area (Å²) in [6.45, 7) is 3.63. The fourth-order valence-electron chi connectivity index (χ4n) is 1.12. The summed E-state index contributed by atoms with van der Waals surface area (Å²) in [5.74, 6) is 5.92. The van der Waals surface area contributed by atoms with E-state index in [-0.39, 0.29) is 5.96 Å². The lowest BCUT2D eigenvalue weighted by Gasteiger charge is -2.11. The molecule has 0 bridgehead atoms. The summed E-state index contributed by atoms with van der Waals surface area (Å²) in [6, 6.07) is 5.09. The fraction of sp³-hybridized carbons (Fsp3) is 0.200. The second-order valence-electron chi connectivity index (χ2n) is 3.36. The summed E-state index contributed by atoms with van der Waals surface area (Å²) in [6.07, 6.45) is 0. The minimum atomic E-state index is 0.134. The van der Waals surface area contributed by atoms with E-state index in [1.165, 1.54) is 0 Å². The molecule has 0 radical (unpaired) electrons. The largest absolute Gasteiger partial charge is 0.460 e. The molecule has 0 saturated heterocycles. The smallest absolute Gasteiger partial charge is 0.275 e. The van der Waals surface area contributed by atoms with Gasteiger partial charge < -0.3 is 0 Å². The number of rotatable bonds is 1. The molecular weight excluding hydrogens is 247 g/mol. The summed E-state index contributed by atoms with van der Waals surface area (Å²) in [7, 11) is 0. The van der Waals surface area contributed by atoms with Crippen LogP contribution in [0.2, 0.25) is 10.0 Å². The Morgan fingerprint density at radius 1 is 1.25 bits per heavy atom. The van der Waals surface area contributed by atoms with E-state index in [2.05, 4.69) is 4.67 Å². The number of guanidine groups is 1. The molecule has 0 spiro atoms. The van der Waals surface area contributed by atoms with Crippen LogP contribution in [0, 0.1) is 0 Å². The summed E-state index contributed by atoms with van der Waals surface area (Å²) >= 11 is 12.0. The van der Waals surface area contributed by atoms with Crippen molar-refractivity contribution in [1.29, 1.82) is 0 Å². The van der Waals surface area contributed by atoms with E-state index in [9.17, 15) is 0 Å². The number of hydrogen-bond acceptors (Lipinski definition) is 1.